The van der Waals surface area contributed by atoms with Crippen molar-refractivity contribution in [2.45, 2.75) is 39.9 Å². The SMILES string of the molecule is CCOCCn1ccc(CNC(C)C)n1. The third-order valence-corrected chi connectivity index (χ3v) is 2.06. The van der Waals surface area contributed by atoms with Crippen molar-refractivity contribution in [3.05, 3.63) is 18.0 Å². The van der Waals surface area contributed by atoms with Gasteiger partial charge in [-0.1, -0.05) is 13.8 Å². The quantitative estimate of drug-likeness (QED) is 0.693. The van der Waals surface area contributed by atoms with Crippen molar-refractivity contribution in [1.29, 1.82) is 0 Å². The van der Waals surface area contributed by atoms with Gasteiger partial charge in [0.1, 0.15) is 0 Å². The lowest BCUT2D eigenvalue weighted by Crippen LogP contribution is -2.22. The molecule has 1 aromatic rings. The van der Waals surface area contributed by atoms with E-state index in [4.69, 9.17) is 4.74 Å². The molecule has 0 saturated heterocycles. The molecule has 0 aliphatic carbocycles. The maximum atomic E-state index is 5.27. The van der Waals surface area contributed by atoms with Gasteiger partial charge < -0.3 is 10.1 Å². The first kappa shape index (κ1) is 12.2. The molecule has 0 radical (unpaired) electrons. The number of nitrogens with zero attached hydrogens (tertiary/aromatic N) is 2. The van der Waals surface area contributed by atoms with Gasteiger partial charge in [0.25, 0.3) is 0 Å². The molecular weight excluding hydrogens is 190 g/mol. The second kappa shape index (κ2) is 6.58. The normalized spacial score (nSPS) is 11.2. The van der Waals surface area contributed by atoms with Crippen molar-refractivity contribution in [2.75, 3.05) is 13.2 Å². The lowest BCUT2D eigenvalue weighted by molar-refractivity contribution is 0.136. The summed E-state index contributed by atoms with van der Waals surface area (Å²) in [4.78, 5) is 0. The number of aromatic nitrogens is 2. The van der Waals surface area contributed by atoms with E-state index in [-0.39, 0.29) is 0 Å². The average molecular weight is 211 g/mol. The van der Waals surface area contributed by atoms with Crippen molar-refractivity contribution in [3.63, 3.8) is 0 Å². The van der Waals surface area contributed by atoms with Crippen LogP contribution >= 0.6 is 0 Å². The highest BCUT2D eigenvalue weighted by Gasteiger charge is 1.99. The van der Waals surface area contributed by atoms with E-state index in [0.717, 1.165) is 32.0 Å². The van der Waals surface area contributed by atoms with Crippen molar-refractivity contribution in [3.8, 4) is 0 Å². The summed E-state index contributed by atoms with van der Waals surface area (Å²) in [5.41, 5.74) is 1.08. The minimum absolute atomic E-state index is 0.499. The van der Waals surface area contributed by atoms with Gasteiger partial charge in [0, 0.05) is 25.4 Å². The van der Waals surface area contributed by atoms with E-state index in [9.17, 15) is 0 Å². The fourth-order valence-corrected chi connectivity index (χ4v) is 1.23. The molecule has 4 nitrogen and oxygen atoms in total. The minimum Gasteiger partial charge on any atom is -0.380 e. The second-order valence-electron chi connectivity index (χ2n) is 3.80. The highest BCUT2D eigenvalue weighted by molar-refractivity contribution is 4.98. The van der Waals surface area contributed by atoms with E-state index in [1.165, 1.54) is 0 Å². The summed E-state index contributed by atoms with van der Waals surface area (Å²) in [6, 6.07) is 2.54. The topological polar surface area (TPSA) is 39.1 Å². The summed E-state index contributed by atoms with van der Waals surface area (Å²) in [6.07, 6.45) is 2.00. The monoisotopic (exact) mass is 211 g/mol. The Labute approximate surface area is 91.6 Å². The Morgan fingerprint density at radius 3 is 3.00 bits per heavy atom. The first-order chi connectivity index (χ1) is 7.22. The molecule has 0 bridgehead atoms. The van der Waals surface area contributed by atoms with Crippen LogP contribution in [0.5, 0.6) is 0 Å². The van der Waals surface area contributed by atoms with Crippen LogP contribution in [0.15, 0.2) is 12.3 Å². The fourth-order valence-electron chi connectivity index (χ4n) is 1.23. The van der Waals surface area contributed by atoms with Gasteiger partial charge in [0.15, 0.2) is 0 Å². The third-order valence-electron chi connectivity index (χ3n) is 2.06. The van der Waals surface area contributed by atoms with Gasteiger partial charge in [-0.15, -0.1) is 0 Å². The van der Waals surface area contributed by atoms with Crippen molar-refractivity contribution in [1.82, 2.24) is 15.1 Å². The molecule has 0 spiro atoms. The van der Waals surface area contributed by atoms with Crippen LogP contribution in [0, 0.1) is 0 Å². The molecule has 4 heteroatoms. The van der Waals surface area contributed by atoms with E-state index < -0.39 is 0 Å². The zero-order chi connectivity index (χ0) is 11.1. The van der Waals surface area contributed by atoms with Gasteiger partial charge in [0.2, 0.25) is 0 Å². The summed E-state index contributed by atoms with van der Waals surface area (Å²) in [6.45, 7) is 9.42. The molecule has 0 amide bonds. The van der Waals surface area contributed by atoms with Crippen LogP contribution in [-0.2, 0) is 17.8 Å². The molecule has 0 fully saturated rings. The molecular formula is C11H21N3O. The largest absolute Gasteiger partial charge is 0.380 e. The second-order valence-corrected chi connectivity index (χ2v) is 3.80. The van der Waals surface area contributed by atoms with E-state index >= 15 is 0 Å². The lowest BCUT2D eigenvalue weighted by atomic mass is 10.3. The zero-order valence-electron chi connectivity index (χ0n) is 9.86. The van der Waals surface area contributed by atoms with Crippen LogP contribution in [0.25, 0.3) is 0 Å². The summed E-state index contributed by atoms with van der Waals surface area (Å²) in [5.74, 6) is 0. The number of nitrogens with one attached hydrogen (secondary N) is 1. The van der Waals surface area contributed by atoms with E-state index in [2.05, 4.69) is 24.3 Å². The molecule has 0 unspecified atom stereocenters. The number of hydrogen-bond donors (Lipinski definition) is 1. The molecule has 15 heavy (non-hydrogen) atoms. The van der Waals surface area contributed by atoms with Gasteiger partial charge in [0.05, 0.1) is 18.8 Å². The van der Waals surface area contributed by atoms with Crippen LogP contribution in [0.2, 0.25) is 0 Å². The summed E-state index contributed by atoms with van der Waals surface area (Å²) in [5, 5.41) is 7.76. The zero-order valence-corrected chi connectivity index (χ0v) is 9.86. The molecule has 1 aromatic heterocycles. The molecule has 1 heterocycles. The first-order valence-corrected chi connectivity index (χ1v) is 5.55. The van der Waals surface area contributed by atoms with Crippen LogP contribution in [0.4, 0.5) is 0 Å². The maximum absolute atomic E-state index is 5.27. The highest BCUT2D eigenvalue weighted by atomic mass is 16.5. The number of hydrogen-bond acceptors (Lipinski definition) is 3. The van der Waals surface area contributed by atoms with E-state index in [0.29, 0.717) is 6.04 Å². The maximum Gasteiger partial charge on any atom is 0.0762 e. The van der Waals surface area contributed by atoms with Gasteiger partial charge in [-0.3, -0.25) is 4.68 Å². The Morgan fingerprint density at radius 2 is 2.33 bits per heavy atom. The standard InChI is InChI=1S/C11H21N3O/c1-4-15-8-7-14-6-5-11(13-14)9-12-10(2)3/h5-6,10,12H,4,7-9H2,1-3H3. The van der Waals surface area contributed by atoms with E-state index in [1.807, 2.05) is 23.9 Å². The van der Waals surface area contributed by atoms with E-state index in [1.54, 1.807) is 0 Å². The Kier molecular flexibility index (Phi) is 5.36. The molecule has 0 atom stereocenters. The summed E-state index contributed by atoms with van der Waals surface area (Å²) in [7, 11) is 0. The molecule has 0 aromatic carbocycles. The van der Waals surface area contributed by atoms with Crippen LogP contribution in [-0.4, -0.2) is 29.0 Å². The summed E-state index contributed by atoms with van der Waals surface area (Å²) >= 11 is 0. The highest BCUT2D eigenvalue weighted by Crippen LogP contribution is 1.96. The molecule has 0 aliphatic rings. The predicted octanol–water partition coefficient (Wildman–Crippen LogP) is 1.42. The molecule has 1 rings (SSSR count). The average Bonchev–Trinajstić information content (AvgIpc) is 2.63. The molecule has 1 N–H and O–H groups in total. The van der Waals surface area contributed by atoms with Gasteiger partial charge in [-0.2, -0.15) is 5.10 Å². The molecule has 86 valence electrons. The van der Waals surface area contributed by atoms with Gasteiger partial charge in [-0.05, 0) is 13.0 Å². The summed E-state index contributed by atoms with van der Waals surface area (Å²) < 4.78 is 7.19. The van der Waals surface area contributed by atoms with Crippen LogP contribution in [0.1, 0.15) is 26.5 Å². The third kappa shape index (κ3) is 4.95. The predicted molar refractivity (Wildman–Crippen MR) is 60.7 cm³/mol. The fraction of sp³-hybridized carbons (Fsp3) is 0.727. The number of rotatable bonds is 7. The molecule has 0 saturated carbocycles. The van der Waals surface area contributed by atoms with Crippen LogP contribution in [0.3, 0.4) is 0 Å². The van der Waals surface area contributed by atoms with Crippen molar-refractivity contribution in [2.24, 2.45) is 0 Å². The lowest BCUT2D eigenvalue weighted by Gasteiger charge is -2.05. The Bertz CT molecular complexity index is 271. The van der Waals surface area contributed by atoms with Crippen molar-refractivity contribution >= 4 is 0 Å². The molecule has 0 aliphatic heterocycles. The van der Waals surface area contributed by atoms with Crippen molar-refractivity contribution < 1.29 is 4.74 Å². The van der Waals surface area contributed by atoms with Gasteiger partial charge >= 0.3 is 0 Å². The minimum atomic E-state index is 0.499. The smallest absolute Gasteiger partial charge is 0.0762 e. The Hall–Kier alpha value is -0.870. The van der Waals surface area contributed by atoms with Crippen LogP contribution < -0.4 is 5.32 Å². The first-order valence-electron chi connectivity index (χ1n) is 5.55. The number of ether oxygens (including phenoxy) is 1. The Balaban J connectivity index is 2.29. The van der Waals surface area contributed by atoms with Gasteiger partial charge in [-0.25, -0.2) is 0 Å². The Morgan fingerprint density at radius 1 is 1.53 bits per heavy atom.